The molecule has 2 aromatic carbocycles. The predicted molar refractivity (Wildman–Crippen MR) is 116 cm³/mol. The summed E-state index contributed by atoms with van der Waals surface area (Å²) in [5.74, 6) is -3.08. The van der Waals surface area contributed by atoms with Gasteiger partial charge in [0.25, 0.3) is 5.91 Å². The van der Waals surface area contributed by atoms with E-state index in [1.807, 2.05) is 0 Å². The van der Waals surface area contributed by atoms with Crippen LogP contribution < -0.4 is 10.6 Å². The van der Waals surface area contributed by atoms with Crippen LogP contribution in [0.5, 0.6) is 0 Å². The average molecular weight is 479 g/mol. The number of carbonyl (C=O) groups excluding carboxylic acids is 3. The van der Waals surface area contributed by atoms with E-state index in [0.29, 0.717) is 11.4 Å². The predicted octanol–water partition coefficient (Wildman–Crippen LogP) is 1.60. The molecule has 2 N–H and O–H groups in total. The fourth-order valence-corrected chi connectivity index (χ4v) is 4.44. The number of rotatable bonds is 7. The van der Waals surface area contributed by atoms with E-state index in [1.165, 1.54) is 23.4 Å². The van der Waals surface area contributed by atoms with Gasteiger partial charge in [0, 0.05) is 31.4 Å². The van der Waals surface area contributed by atoms with E-state index in [2.05, 4.69) is 10.6 Å². The molecule has 0 unspecified atom stereocenters. The van der Waals surface area contributed by atoms with Crippen molar-refractivity contribution in [2.75, 3.05) is 43.5 Å². The first kappa shape index (κ1) is 24.3. The van der Waals surface area contributed by atoms with Crippen LogP contribution in [0.25, 0.3) is 0 Å². The van der Waals surface area contributed by atoms with E-state index in [0.717, 1.165) is 18.2 Å². The summed E-state index contributed by atoms with van der Waals surface area (Å²) < 4.78 is 50.8. The Labute approximate surface area is 189 Å². The third-order valence-electron chi connectivity index (χ3n) is 4.59. The molecule has 0 bridgehead atoms. The number of sulfonamides is 1. The molecule has 2 amide bonds. The van der Waals surface area contributed by atoms with Crippen LogP contribution in [0, 0.1) is 5.82 Å². The van der Waals surface area contributed by atoms with Gasteiger partial charge in [0.05, 0.1) is 23.7 Å². The number of halogens is 1. The molecule has 2 aromatic rings. The molecule has 1 aliphatic rings. The first-order valence-electron chi connectivity index (χ1n) is 9.89. The van der Waals surface area contributed by atoms with E-state index in [1.54, 1.807) is 12.1 Å². The highest BCUT2D eigenvalue weighted by Gasteiger charge is 2.28. The van der Waals surface area contributed by atoms with Crippen LogP contribution in [0.15, 0.2) is 47.4 Å². The number of esters is 1. The third kappa shape index (κ3) is 6.34. The Hall–Kier alpha value is -3.35. The Balaban J connectivity index is 1.62. The molecule has 0 radical (unpaired) electrons. The van der Waals surface area contributed by atoms with Crippen molar-refractivity contribution in [2.24, 2.45) is 0 Å². The Kier molecular flexibility index (Phi) is 7.74. The van der Waals surface area contributed by atoms with E-state index in [-0.39, 0.29) is 37.1 Å². The van der Waals surface area contributed by atoms with Gasteiger partial charge >= 0.3 is 5.97 Å². The van der Waals surface area contributed by atoms with Gasteiger partial charge in [-0.05, 0) is 42.5 Å². The first-order valence-corrected chi connectivity index (χ1v) is 11.3. The minimum Gasteiger partial charge on any atom is -0.452 e. The molecule has 1 fully saturated rings. The molecule has 10 nitrogen and oxygen atoms in total. The minimum atomic E-state index is -3.94. The van der Waals surface area contributed by atoms with Gasteiger partial charge in [-0.3, -0.25) is 9.59 Å². The zero-order valence-electron chi connectivity index (χ0n) is 17.7. The van der Waals surface area contributed by atoms with Crippen molar-refractivity contribution in [2.45, 2.75) is 11.8 Å². The number of benzene rings is 2. The molecular formula is C21H22FN3O7S. The van der Waals surface area contributed by atoms with E-state index in [9.17, 15) is 27.2 Å². The van der Waals surface area contributed by atoms with E-state index < -0.39 is 39.9 Å². The lowest BCUT2D eigenvalue weighted by Gasteiger charge is -2.26. The molecule has 3 rings (SSSR count). The standard InChI is InChI=1S/C21H22FN3O7S/c1-14(26)23-15-2-4-16(5-3-15)24-20(27)13-32-21(28)18-12-17(6-7-19(18)22)33(29,30)25-8-10-31-11-9-25/h2-7,12H,8-11,13H2,1H3,(H,23,26)(H,24,27). The van der Waals surface area contributed by atoms with Crippen LogP contribution in [-0.4, -0.2) is 63.4 Å². The molecule has 1 heterocycles. The first-order chi connectivity index (χ1) is 15.7. The Morgan fingerprint density at radius 1 is 1.03 bits per heavy atom. The van der Waals surface area contributed by atoms with Gasteiger partial charge in [0.1, 0.15) is 5.82 Å². The van der Waals surface area contributed by atoms with Gasteiger partial charge in [-0.15, -0.1) is 0 Å². The SMILES string of the molecule is CC(=O)Nc1ccc(NC(=O)COC(=O)c2cc(S(=O)(=O)N3CCOCC3)ccc2F)cc1. The third-order valence-corrected chi connectivity index (χ3v) is 6.48. The molecule has 0 saturated carbocycles. The van der Waals surface area contributed by atoms with Crippen molar-refractivity contribution >= 4 is 39.2 Å². The fourth-order valence-electron chi connectivity index (χ4n) is 3.00. The highest BCUT2D eigenvalue weighted by Crippen LogP contribution is 2.21. The average Bonchev–Trinajstić information content (AvgIpc) is 2.79. The molecule has 0 aromatic heterocycles. The molecule has 12 heteroatoms. The zero-order chi connectivity index (χ0) is 24.0. The number of anilines is 2. The number of morpholine rings is 1. The summed E-state index contributed by atoms with van der Waals surface area (Å²) in [7, 11) is -3.94. The van der Waals surface area contributed by atoms with Gasteiger partial charge in [0.15, 0.2) is 6.61 Å². The van der Waals surface area contributed by atoms with Crippen LogP contribution >= 0.6 is 0 Å². The van der Waals surface area contributed by atoms with Crippen molar-refractivity contribution in [3.05, 3.63) is 53.8 Å². The number of hydrogen-bond donors (Lipinski definition) is 2. The summed E-state index contributed by atoms with van der Waals surface area (Å²) in [6.45, 7) is 1.41. The van der Waals surface area contributed by atoms with Crippen molar-refractivity contribution < 1.29 is 36.7 Å². The van der Waals surface area contributed by atoms with Crippen molar-refractivity contribution in [1.82, 2.24) is 4.31 Å². The van der Waals surface area contributed by atoms with Crippen LogP contribution in [-0.2, 0) is 29.1 Å². The fraction of sp³-hybridized carbons (Fsp3) is 0.286. The van der Waals surface area contributed by atoms with Crippen molar-refractivity contribution in [1.29, 1.82) is 0 Å². The molecule has 0 spiro atoms. The minimum absolute atomic E-state index is 0.144. The number of nitrogens with one attached hydrogen (secondary N) is 2. The largest absolute Gasteiger partial charge is 0.452 e. The quantitative estimate of drug-likeness (QED) is 0.577. The monoisotopic (exact) mass is 479 g/mol. The molecule has 1 saturated heterocycles. The number of ether oxygens (including phenoxy) is 2. The molecular weight excluding hydrogens is 457 g/mol. The Morgan fingerprint density at radius 2 is 1.64 bits per heavy atom. The summed E-state index contributed by atoms with van der Waals surface area (Å²) in [6, 6.07) is 9.02. The molecule has 0 aliphatic carbocycles. The molecule has 0 atom stereocenters. The van der Waals surface area contributed by atoms with Gasteiger partial charge in [0.2, 0.25) is 15.9 Å². The van der Waals surface area contributed by atoms with Crippen LogP contribution in [0.4, 0.5) is 15.8 Å². The van der Waals surface area contributed by atoms with Crippen molar-refractivity contribution in [3.63, 3.8) is 0 Å². The lowest BCUT2D eigenvalue weighted by atomic mass is 10.2. The second kappa shape index (κ2) is 10.5. The number of carbonyl (C=O) groups is 3. The maximum Gasteiger partial charge on any atom is 0.341 e. The zero-order valence-corrected chi connectivity index (χ0v) is 18.5. The maximum absolute atomic E-state index is 14.2. The van der Waals surface area contributed by atoms with E-state index >= 15 is 0 Å². The molecule has 33 heavy (non-hydrogen) atoms. The lowest BCUT2D eigenvalue weighted by Crippen LogP contribution is -2.40. The van der Waals surface area contributed by atoms with Gasteiger partial charge < -0.3 is 20.1 Å². The second-order valence-corrected chi connectivity index (χ2v) is 8.98. The van der Waals surface area contributed by atoms with Crippen LogP contribution in [0.3, 0.4) is 0 Å². The molecule has 176 valence electrons. The van der Waals surface area contributed by atoms with Gasteiger partial charge in [-0.1, -0.05) is 0 Å². The van der Waals surface area contributed by atoms with Crippen molar-refractivity contribution in [3.8, 4) is 0 Å². The highest BCUT2D eigenvalue weighted by atomic mass is 32.2. The van der Waals surface area contributed by atoms with Crippen LogP contribution in [0.2, 0.25) is 0 Å². The summed E-state index contributed by atoms with van der Waals surface area (Å²) in [5.41, 5.74) is 0.320. The number of amides is 2. The molecule has 1 aliphatic heterocycles. The van der Waals surface area contributed by atoms with E-state index in [4.69, 9.17) is 9.47 Å². The second-order valence-electron chi connectivity index (χ2n) is 7.04. The van der Waals surface area contributed by atoms with Gasteiger partial charge in [-0.2, -0.15) is 4.31 Å². The van der Waals surface area contributed by atoms with Crippen LogP contribution in [0.1, 0.15) is 17.3 Å². The normalized spacial score (nSPS) is 14.4. The lowest BCUT2D eigenvalue weighted by molar-refractivity contribution is -0.119. The number of hydrogen-bond acceptors (Lipinski definition) is 7. The Bertz CT molecular complexity index is 1150. The Morgan fingerprint density at radius 3 is 2.24 bits per heavy atom. The number of nitrogens with zero attached hydrogens (tertiary/aromatic N) is 1. The summed E-state index contributed by atoms with van der Waals surface area (Å²) in [4.78, 5) is 35.1. The summed E-state index contributed by atoms with van der Waals surface area (Å²) in [5, 5.41) is 5.06. The van der Waals surface area contributed by atoms with Gasteiger partial charge in [-0.25, -0.2) is 17.6 Å². The summed E-state index contributed by atoms with van der Waals surface area (Å²) in [6.07, 6.45) is 0. The maximum atomic E-state index is 14.2. The summed E-state index contributed by atoms with van der Waals surface area (Å²) >= 11 is 0. The smallest absolute Gasteiger partial charge is 0.341 e. The topological polar surface area (TPSA) is 131 Å². The highest BCUT2D eigenvalue weighted by molar-refractivity contribution is 7.89.